The van der Waals surface area contributed by atoms with Gasteiger partial charge in [-0.15, -0.1) is 5.10 Å². The van der Waals surface area contributed by atoms with Crippen molar-refractivity contribution in [3.63, 3.8) is 0 Å². The molecule has 0 radical (unpaired) electrons. The highest BCUT2D eigenvalue weighted by atomic mass is 15.5. The van der Waals surface area contributed by atoms with E-state index in [1.54, 1.807) is 4.68 Å². The highest BCUT2D eigenvalue weighted by molar-refractivity contribution is 4.83. The highest BCUT2D eigenvalue weighted by Crippen LogP contribution is 2.24. The third kappa shape index (κ3) is 2.09. The van der Waals surface area contributed by atoms with Gasteiger partial charge in [-0.1, -0.05) is 6.92 Å². The lowest BCUT2D eigenvalue weighted by Gasteiger charge is -2.10. The Morgan fingerprint density at radius 3 is 2.93 bits per heavy atom. The standard InChI is InChI=1S/C9H17N5/c1-7-3-4-8(5-7)10-6-9-11-12-13-14(9)2/h7-8,10H,3-6H2,1-2H3. The van der Waals surface area contributed by atoms with Gasteiger partial charge in [-0.05, 0) is 35.6 Å². The first kappa shape index (κ1) is 9.58. The molecule has 1 aliphatic rings. The lowest BCUT2D eigenvalue weighted by atomic mass is 10.1. The molecular formula is C9H17N5. The number of tetrazole rings is 1. The van der Waals surface area contributed by atoms with Crippen LogP contribution in [0, 0.1) is 5.92 Å². The van der Waals surface area contributed by atoms with Gasteiger partial charge in [-0.2, -0.15) is 0 Å². The summed E-state index contributed by atoms with van der Waals surface area (Å²) in [4.78, 5) is 0. The summed E-state index contributed by atoms with van der Waals surface area (Å²) in [6.45, 7) is 3.09. The monoisotopic (exact) mass is 195 g/mol. The van der Waals surface area contributed by atoms with Crippen LogP contribution in [-0.4, -0.2) is 26.2 Å². The molecule has 2 atom stereocenters. The molecule has 1 saturated carbocycles. The van der Waals surface area contributed by atoms with Crippen molar-refractivity contribution in [1.82, 2.24) is 25.5 Å². The summed E-state index contributed by atoms with van der Waals surface area (Å²) < 4.78 is 1.71. The molecule has 78 valence electrons. The van der Waals surface area contributed by atoms with Crippen LogP contribution in [0.4, 0.5) is 0 Å². The molecule has 2 unspecified atom stereocenters. The van der Waals surface area contributed by atoms with Gasteiger partial charge in [0.25, 0.3) is 0 Å². The van der Waals surface area contributed by atoms with Gasteiger partial charge in [0.05, 0.1) is 6.54 Å². The van der Waals surface area contributed by atoms with Gasteiger partial charge < -0.3 is 5.32 Å². The fraction of sp³-hybridized carbons (Fsp3) is 0.889. The Labute approximate surface area is 83.9 Å². The van der Waals surface area contributed by atoms with Crippen molar-refractivity contribution in [1.29, 1.82) is 0 Å². The third-order valence-electron chi connectivity index (χ3n) is 2.95. The van der Waals surface area contributed by atoms with Gasteiger partial charge in [0, 0.05) is 13.1 Å². The Kier molecular flexibility index (Phi) is 2.77. The molecule has 2 rings (SSSR count). The van der Waals surface area contributed by atoms with E-state index >= 15 is 0 Å². The SMILES string of the molecule is CC1CCC(NCc2nnnn2C)C1. The molecule has 1 aromatic rings. The highest BCUT2D eigenvalue weighted by Gasteiger charge is 2.20. The molecule has 1 fully saturated rings. The maximum absolute atomic E-state index is 3.94. The first-order valence-corrected chi connectivity index (χ1v) is 5.20. The largest absolute Gasteiger partial charge is 0.307 e. The van der Waals surface area contributed by atoms with Gasteiger partial charge >= 0.3 is 0 Å². The summed E-state index contributed by atoms with van der Waals surface area (Å²) in [6, 6.07) is 0.654. The van der Waals surface area contributed by atoms with Crippen molar-refractivity contribution < 1.29 is 0 Å². The molecule has 0 aliphatic heterocycles. The molecule has 1 heterocycles. The molecule has 1 aliphatic carbocycles. The van der Waals surface area contributed by atoms with Crippen molar-refractivity contribution in [2.75, 3.05) is 0 Å². The smallest absolute Gasteiger partial charge is 0.164 e. The van der Waals surface area contributed by atoms with Gasteiger partial charge in [0.1, 0.15) is 0 Å². The molecule has 0 saturated heterocycles. The Morgan fingerprint density at radius 1 is 1.50 bits per heavy atom. The molecule has 0 aromatic carbocycles. The van der Waals surface area contributed by atoms with E-state index in [0.717, 1.165) is 18.3 Å². The van der Waals surface area contributed by atoms with Crippen LogP contribution in [-0.2, 0) is 13.6 Å². The number of nitrogens with one attached hydrogen (secondary N) is 1. The molecule has 0 amide bonds. The summed E-state index contributed by atoms with van der Waals surface area (Å²) in [5.41, 5.74) is 0. The van der Waals surface area contributed by atoms with Gasteiger partial charge in [-0.25, -0.2) is 4.68 Å². The van der Waals surface area contributed by atoms with Crippen LogP contribution in [0.25, 0.3) is 0 Å². The van der Waals surface area contributed by atoms with Crippen LogP contribution >= 0.6 is 0 Å². The fourth-order valence-electron chi connectivity index (χ4n) is 2.03. The van der Waals surface area contributed by atoms with Crippen LogP contribution in [0.1, 0.15) is 32.0 Å². The van der Waals surface area contributed by atoms with Crippen LogP contribution in [0.3, 0.4) is 0 Å². The first-order chi connectivity index (χ1) is 6.75. The first-order valence-electron chi connectivity index (χ1n) is 5.20. The number of aryl methyl sites for hydroxylation is 1. The lowest BCUT2D eigenvalue weighted by molar-refractivity contribution is 0.485. The molecule has 1 aromatic heterocycles. The number of aromatic nitrogens is 4. The maximum atomic E-state index is 3.94. The molecule has 0 spiro atoms. The topological polar surface area (TPSA) is 55.6 Å². The Bertz CT molecular complexity index is 295. The minimum Gasteiger partial charge on any atom is -0.307 e. The van der Waals surface area contributed by atoms with Crippen molar-refractivity contribution in [3.05, 3.63) is 5.82 Å². The quantitative estimate of drug-likeness (QED) is 0.762. The third-order valence-corrected chi connectivity index (χ3v) is 2.95. The zero-order valence-electron chi connectivity index (χ0n) is 8.77. The molecule has 0 bridgehead atoms. The molecule has 5 heteroatoms. The average molecular weight is 195 g/mol. The minimum absolute atomic E-state index is 0.654. The second-order valence-electron chi connectivity index (χ2n) is 4.21. The van der Waals surface area contributed by atoms with Crippen LogP contribution < -0.4 is 5.32 Å². The molecule has 14 heavy (non-hydrogen) atoms. The van der Waals surface area contributed by atoms with E-state index in [1.165, 1.54) is 19.3 Å². The zero-order chi connectivity index (χ0) is 9.97. The van der Waals surface area contributed by atoms with E-state index in [9.17, 15) is 0 Å². The van der Waals surface area contributed by atoms with Gasteiger partial charge in [0.15, 0.2) is 5.82 Å². The Balaban J connectivity index is 1.80. The van der Waals surface area contributed by atoms with Crippen LogP contribution in [0.5, 0.6) is 0 Å². The maximum Gasteiger partial charge on any atom is 0.164 e. The van der Waals surface area contributed by atoms with Crippen molar-refractivity contribution in [3.8, 4) is 0 Å². The summed E-state index contributed by atoms with van der Waals surface area (Å²) in [5, 5.41) is 14.8. The second-order valence-corrected chi connectivity index (χ2v) is 4.21. The Morgan fingerprint density at radius 2 is 2.36 bits per heavy atom. The predicted molar refractivity (Wildman–Crippen MR) is 52.4 cm³/mol. The Hall–Kier alpha value is -0.970. The number of hydrogen-bond acceptors (Lipinski definition) is 4. The second kappa shape index (κ2) is 4.04. The van der Waals surface area contributed by atoms with Gasteiger partial charge in [0.2, 0.25) is 0 Å². The predicted octanol–water partition coefficient (Wildman–Crippen LogP) is 0.488. The lowest BCUT2D eigenvalue weighted by Crippen LogP contribution is -2.27. The summed E-state index contributed by atoms with van der Waals surface area (Å²) in [7, 11) is 1.87. The summed E-state index contributed by atoms with van der Waals surface area (Å²) >= 11 is 0. The summed E-state index contributed by atoms with van der Waals surface area (Å²) in [5.74, 6) is 1.77. The minimum atomic E-state index is 0.654. The molecule has 5 nitrogen and oxygen atoms in total. The van der Waals surface area contributed by atoms with Gasteiger partial charge in [-0.3, -0.25) is 0 Å². The van der Waals surface area contributed by atoms with Crippen LogP contribution in [0.2, 0.25) is 0 Å². The number of hydrogen-bond donors (Lipinski definition) is 1. The van der Waals surface area contributed by atoms with E-state index in [1.807, 2.05) is 7.05 Å². The van der Waals surface area contributed by atoms with Crippen molar-refractivity contribution in [2.45, 2.75) is 38.8 Å². The number of nitrogens with zero attached hydrogens (tertiary/aromatic N) is 4. The normalized spacial score (nSPS) is 27.0. The van der Waals surface area contributed by atoms with E-state index in [2.05, 4.69) is 27.8 Å². The molecular weight excluding hydrogens is 178 g/mol. The van der Waals surface area contributed by atoms with Crippen LogP contribution in [0.15, 0.2) is 0 Å². The average Bonchev–Trinajstić information content (AvgIpc) is 2.72. The fourth-order valence-corrected chi connectivity index (χ4v) is 2.03. The number of rotatable bonds is 3. The van der Waals surface area contributed by atoms with Crippen molar-refractivity contribution in [2.24, 2.45) is 13.0 Å². The summed E-state index contributed by atoms with van der Waals surface area (Å²) in [6.07, 6.45) is 3.91. The van der Waals surface area contributed by atoms with E-state index in [4.69, 9.17) is 0 Å². The van der Waals surface area contributed by atoms with E-state index in [-0.39, 0.29) is 0 Å². The zero-order valence-corrected chi connectivity index (χ0v) is 8.77. The molecule has 1 N–H and O–H groups in total. The van der Waals surface area contributed by atoms with E-state index < -0.39 is 0 Å². The van der Waals surface area contributed by atoms with E-state index in [0.29, 0.717) is 6.04 Å². The van der Waals surface area contributed by atoms with Crippen molar-refractivity contribution >= 4 is 0 Å².